The fraction of sp³-hybridized carbons (Fsp3) is 0.333. The number of nitrogens with zero attached hydrogens (tertiary/aromatic N) is 1. The second-order valence-corrected chi connectivity index (χ2v) is 8.32. The Morgan fingerprint density at radius 1 is 0.964 bits per heavy atom. The van der Waals surface area contributed by atoms with E-state index in [1.165, 1.54) is 36.4 Å². The van der Waals surface area contributed by atoms with Crippen LogP contribution in [-0.2, 0) is 9.84 Å². The molecular formula is C18H20F3NO5S. The third-order valence-corrected chi connectivity index (χ3v) is 5.28. The van der Waals surface area contributed by atoms with Gasteiger partial charge in [-0.3, -0.25) is 0 Å². The monoisotopic (exact) mass is 419 g/mol. The largest absolute Gasteiger partial charge is 0.573 e. The zero-order valence-electron chi connectivity index (χ0n) is 15.2. The van der Waals surface area contributed by atoms with Crippen molar-refractivity contribution >= 4 is 9.84 Å². The summed E-state index contributed by atoms with van der Waals surface area (Å²) in [6, 6.07) is 10.3. The van der Waals surface area contributed by atoms with Crippen LogP contribution in [0.15, 0.2) is 53.4 Å². The van der Waals surface area contributed by atoms with Crippen LogP contribution in [-0.4, -0.2) is 57.3 Å². The van der Waals surface area contributed by atoms with Gasteiger partial charge in [0.1, 0.15) is 17.2 Å². The van der Waals surface area contributed by atoms with Gasteiger partial charge in [0.15, 0.2) is 9.84 Å². The maximum atomic E-state index is 12.3. The lowest BCUT2D eigenvalue weighted by atomic mass is 10.3. The van der Waals surface area contributed by atoms with E-state index in [0.717, 1.165) is 12.1 Å². The molecule has 0 spiro atoms. The van der Waals surface area contributed by atoms with E-state index in [4.69, 9.17) is 4.74 Å². The minimum Gasteiger partial charge on any atom is -0.457 e. The molecule has 0 aliphatic rings. The number of aliphatic hydroxyl groups excluding tert-OH is 1. The van der Waals surface area contributed by atoms with Gasteiger partial charge in [0.25, 0.3) is 0 Å². The van der Waals surface area contributed by atoms with Crippen LogP contribution in [0.5, 0.6) is 17.2 Å². The number of sulfone groups is 1. The topological polar surface area (TPSA) is 76.1 Å². The van der Waals surface area contributed by atoms with E-state index in [0.29, 0.717) is 5.75 Å². The van der Waals surface area contributed by atoms with Gasteiger partial charge in [-0.2, -0.15) is 0 Å². The SMILES string of the molecule is CN(C)CC(O)CS(=O)(=O)c1ccc(Oc2ccc(OC(F)(F)F)cc2)cc1. The van der Waals surface area contributed by atoms with Crippen molar-refractivity contribution in [2.75, 3.05) is 26.4 Å². The average molecular weight is 419 g/mol. The summed E-state index contributed by atoms with van der Waals surface area (Å²) in [6.07, 6.45) is -5.79. The van der Waals surface area contributed by atoms with Gasteiger partial charge in [-0.15, -0.1) is 13.2 Å². The lowest BCUT2D eigenvalue weighted by Gasteiger charge is -2.16. The summed E-state index contributed by atoms with van der Waals surface area (Å²) in [4.78, 5) is 1.72. The number of halogens is 3. The van der Waals surface area contributed by atoms with E-state index in [9.17, 15) is 26.7 Å². The van der Waals surface area contributed by atoms with Crippen LogP contribution in [0.1, 0.15) is 0 Å². The molecule has 2 aromatic rings. The maximum Gasteiger partial charge on any atom is 0.573 e. The second-order valence-electron chi connectivity index (χ2n) is 6.29. The van der Waals surface area contributed by atoms with Crippen LogP contribution in [0, 0.1) is 0 Å². The fourth-order valence-corrected chi connectivity index (χ4v) is 3.74. The molecule has 2 aromatic carbocycles. The van der Waals surface area contributed by atoms with Gasteiger partial charge in [-0.1, -0.05) is 0 Å². The minimum absolute atomic E-state index is 0.0339. The zero-order valence-corrected chi connectivity index (χ0v) is 16.0. The Balaban J connectivity index is 2.02. The van der Waals surface area contributed by atoms with Gasteiger partial charge < -0.3 is 19.5 Å². The van der Waals surface area contributed by atoms with Crippen LogP contribution < -0.4 is 9.47 Å². The summed E-state index contributed by atoms with van der Waals surface area (Å²) in [5, 5.41) is 9.83. The van der Waals surface area contributed by atoms with Gasteiger partial charge in [-0.25, -0.2) is 8.42 Å². The molecule has 1 unspecified atom stereocenters. The van der Waals surface area contributed by atoms with Gasteiger partial charge >= 0.3 is 6.36 Å². The maximum absolute atomic E-state index is 12.3. The summed E-state index contributed by atoms with van der Waals surface area (Å²) < 4.78 is 70.3. The number of aliphatic hydroxyl groups is 1. The van der Waals surface area contributed by atoms with E-state index in [1.54, 1.807) is 19.0 Å². The molecule has 0 radical (unpaired) electrons. The standard InChI is InChI=1S/C18H20F3NO5S/c1-22(2)11-13(23)12-28(24,25)17-9-7-15(8-10-17)26-14-3-5-16(6-4-14)27-18(19,20)21/h3-10,13,23H,11-12H2,1-2H3. The number of rotatable bonds is 8. The Kier molecular flexibility index (Phi) is 6.91. The van der Waals surface area contributed by atoms with Crippen LogP contribution in [0.25, 0.3) is 0 Å². The predicted molar refractivity (Wildman–Crippen MR) is 96.3 cm³/mol. The molecule has 0 amide bonds. The molecule has 154 valence electrons. The zero-order chi connectivity index (χ0) is 20.9. The lowest BCUT2D eigenvalue weighted by molar-refractivity contribution is -0.274. The molecular weight excluding hydrogens is 399 g/mol. The number of ether oxygens (including phenoxy) is 2. The molecule has 2 rings (SSSR count). The van der Waals surface area contributed by atoms with E-state index in [1.807, 2.05) is 0 Å². The first-order valence-electron chi connectivity index (χ1n) is 8.14. The normalized spacial score (nSPS) is 13.4. The number of hydrogen-bond donors (Lipinski definition) is 1. The van der Waals surface area contributed by atoms with Crippen molar-refractivity contribution in [3.8, 4) is 17.2 Å². The van der Waals surface area contributed by atoms with E-state index in [-0.39, 0.29) is 22.9 Å². The first-order chi connectivity index (χ1) is 12.9. The molecule has 28 heavy (non-hydrogen) atoms. The summed E-state index contributed by atoms with van der Waals surface area (Å²) in [7, 11) is -0.221. The number of likely N-dealkylation sites (N-methyl/N-ethyl adjacent to an activating group) is 1. The summed E-state index contributed by atoms with van der Waals surface area (Å²) in [5.41, 5.74) is 0. The number of hydrogen-bond acceptors (Lipinski definition) is 6. The first kappa shape index (κ1) is 22.0. The molecule has 0 bridgehead atoms. The molecule has 0 heterocycles. The van der Waals surface area contributed by atoms with Crippen molar-refractivity contribution in [3.05, 3.63) is 48.5 Å². The summed E-state index contributed by atoms with van der Waals surface area (Å²) >= 11 is 0. The molecule has 1 atom stereocenters. The van der Waals surface area contributed by atoms with E-state index < -0.39 is 28.1 Å². The van der Waals surface area contributed by atoms with E-state index in [2.05, 4.69) is 4.74 Å². The van der Waals surface area contributed by atoms with Crippen molar-refractivity contribution in [2.45, 2.75) is 17.4 Å². The van der Waals surface area contributed by atoms with Gasteiger partial charge in [-0.05, 0) is 62.6 Å². The molecule has 0 aromatic heterocycles. The predicted octanol–water partition coefficient (Wildman–Crippen LogP) is 3.07. The van der Waals surface area contributed by atoms with E-state index >= 15 is 0 Å². The van der Waals surface area contributed by atoms with Crippen molar-refractivity contribution in [1.29, 1.82) is 0 Å². The van der Waals surface area contributed by atoms with Crippen molar-refractivity contribution in [2.24, 2.45) is 0 Å². The molecule has 0 fully saturated rings. The van der Waals surface area contributed by atoms with Crippen molar-refractivity contribution in [1.82, 2.24) is 4.90 Å². The highest BCUT2D eigenvalue weighted by Crippen LogP contribution is 2.28. The van der Waals surface area contributed by atoms with Crippen LogP contribution >= 0.6 is 0 Å². The number of alkyl halides is 3. The third-order valence-electron chi connectivity index (χ3n) is 3.46. The molecule has 0 aliphatic heterocycles. The van der Waals surface area contributed by atoms with Gasteiger partial charge in [0.05, 0.1) is 16.8 Å². The Bertz CT molecular complexity index is 866. The third kappa shape index (κ3) is 7.02. The highest BCUT2D eigenvalue weighted by atomic mass is 32.2. The quantitative estimate of drug-likeness (QED) is 0.709. The van der Waals surface area contributed by atoms with Crippen LogP contribution in [0.3, 0.4) is 0 Å². The molecule has 0 aliphatic carbocycles. The molecule has 1 N–H and O–H groups in total. The fourth-order valence-electron chi connectivity index (χ4n) is 2.38. The average Bonchev–Trinajstić information content (AvgIpc) is 2.54. The Labute approximate surface area is 161 Å². The highest BCUT2D eigenvalue weighted by molar-refractivity contribution is 7.91. The minimum atomic E-state index is -4.77. The molecule has 6 nitrogen and oxygen atoms in total. The van der Waals surface area contributed by atoms with Gasteiger partial charge in [0.2, 0.25) is 0 Å². The molecule has 0 saturated carbocycles. The molecule has 0 saturated heterocycles. The summed E-state index contributed by atoms with van der Waals surface area (Å²) in [6.45, 7) is 0.217. The molecule has 10 heteroatoms. The van der Waals surface area contributed by atoms with Crippen molar-refractivity contribution in [3.63, 3.8) is 0 Å². The van der Waals surface area contributed by atoms with Crippen molar-refractivity contribution < 1.29 is 36.2 Å². The highest BCUT2D eigenvalue weighted by Gasteiger charge is 2.31. The van der Waals surface area contributed by atoms with Crippen LogP contribution in [0.2, 0.25) is 0 Å². The van der Waals surface area contributed by atoms with Gasteiger partial charge in [0, 0.05) is 6.54 Å². The second kappa shape index (κ2) is 8.80. The lowest BCUT2D eigenvalue weighted by Crippen LogP contribution is -2.31. The first-order valence-corrected chi connectivity index (χ1v) is 9.79. The Morgan fingerprint density at radius 2 is 1.43 bits per heavy atom. The van der Waals surface area contributed by atoms with Crippen LogP contribution in [0.4, 0.5) is 13.2 Å². The Hall–Kier alpha value is -2.30. The summed E-state index contributed by atoms with van der Waals surface area (Å²) in [5.74, 6) is -0.229. The number of benzene rings is 2. The smallest absolute Gasteiger partial charge is 0.457 e. The Morgan fingerprint density at radius 3 is 1.89 bits per heavy atom.